The van der Waals surface area contributed by atoms with Crippen molar-refractivity contribution in [3.05, 3.63) is 27.7 Å². The van der Waals surface area contributed by atoms with E-state index in [1.807, 2.05) is 19.1 Å². The molecule has 0 heterocycles. The molecule has 1 rings (SSSR count). The van der Waals surface area contributed by atoms with Crippen LogP contribution in [-0.2, 0) is 6.42 Å². The van der Waals surface area contributed by atoms with Gasteiger partial charge in [0.05, 0.1) is 0 Å². The van der Waals surface area contributed by atoms with Crippen LogP contribution in [0.4, 0.5) is 0 Å². The fourth-order valence-corrected chi connectivity index (χ4v) is 1.88. The molecule has 0 atom stereocenters. The lowest BCUT2D eigenvalue weighted by molar-refractivity contribution is 0.463. The van der Waals surface area contributed by atoms with Crippen molar-refractivity contribution < 1.29 is 5.11 Å². The van der Waals surface area contributed by atoms with Crippen LogP contribution in [-0.4, -0.2) is 5.11 Å². The van der Waals surface area contributed by atoms with E-state index in [2.05, 4.69) is 22.9 Å². The molecule has 0 bridgehead atoms. The summed E-state index contributed by atoms with van der Waals surface area (Å²) >= 11 is 3.41. The lowest BCUT2D eigenvalue weighted by atomic mass is 10.1. The summed E-state index contributed by atoms with van der Waals surface area (Å²) < 4.78 is 1.04. The van der Waals surface area contributed by atoms with Crippen molar-refractivity contribution >= 4 is 15.9 Å². The molecule has 1 N–H and O–H groups in total. The quantitative estimate of drug-likeness (QED) is 0.823. The van der Waals surface area contributed by atoms with Gasteiger partial charge >= 0.3 is 0 Å². The Hall–Kier alpha value is -0.500. The Balaban J connectivity index is 3.09. The van der Waals surface area contributed by atoms with Gasteiger partial charge < -0.3 is 5.11 Å². The topological polar surface area (TPSA) is 20.2 Å². The maximum atomic E-state index is 9.63. The van der Waals surface area contributed by atoms with Gasteiger partial charge in [-0.2, -0.15) is 0 Å². The first-order chi connectivity index (χ1) is 5.65. The molecule has 0 aliphatic heterocycles. The van der Waals surface area contributed by atoms with Crippen molar-refractivity contribution in [1.82, 2.24) is 0 Å². The zero-order valence-corrected chi connectivity index (χ0v) is 8.98. The van der Waals surface area contributed by atoms with Gasteiger partial charge in [0.2, 0.25) is 0 Å². The zero-order valence-electron chi connectivity index (χ0n) is 7.39. The number of phenolic OH excluding ortho intramolecular Hbond substituents is 1. The van der Waals surface area contributed by atoms with E-state index in [9.17, 15) is 5.11 Å². The second-order valence-electron chi connectivity index (χ2n) is 2.98. The van der Waals surface area contributed by atoms with E-state index in [0.717, 1.165) is 28.4 Å². The number of halogens is 1. The normalized spacial score (nSPS) is 10.2. The van der Waals surface area contributed by atoms with Crippen LogP contribution in [0.3, 0.4) is 0 Å². The Morgan fingerprint density at radius 2 is 2.08 bits per heavy atom. The molecule has 0 saturated heterocycles. The average Bonchev–Trinajstić information content (AvgIpc) is 2.00. The van der Waals surface area contributed by atoms with Crippen LogP contribution < -0.4 is 0 Å². The van der Waals surface area contributed by atoms with Gasteiger partial charge in [-0.3, -0.25) is 0 Å². The lowest BCUT2D eigenvalue weighted by Gasteiger charge is -2.06. The molecular weight excluding hydrogens is 216 g/mol. The standard InChI is InChI=1S/C10H13BrO/c1-3-4-8-6-9(11)5-7(2)10(8)12/h5-6,12H,3-4H2,1-2H3. The molecule has 0 spiro atoms. The van der Waals surface area contributed by atoms with Gasteiger partial charge in [-0.05, 0) is 36.6 Å². The van der Waals surface area contributed by atoms with E-state index < -0.39 is 0 Å². The molecule has 0 radical (unpaired) electrons. The van der Waals surface area contributed by atoms with E-state index in [1.165, 1.54) is 0 Å². The van der Waals surface area contributed by atoms with Crippen LogP contribution in [0, 0.1) is 6.92 Å². The summed E-state index contributed by atoms with van der Waals surface area (Å²) in [5.41, 5.74) is 1.97. The molecule has 0 aliphatic carbocycles. The van der Waals surface area contributed by atoms with E-state index in [0.29, 0.717) is 5.75 Å². The largest absolute Gasteiger partial charge is 0.507 e. The predicted octanol–water partition coefficient (Wildman–Crippen LogP) is 3.42. The molecule has 0 aliphatic rings. The van der Waals surface area contributed by atoms with Crippen LogP contribution >= 0.6 is 15.9 Å². The van der Waals surface area contributed by atoms with Crippen LogP contribution in [0.5, 0.6) is 5.75 Å². The fourth-order valence-electron chi connectivity index (χ4n) is 1.26. The Kier molecular flexibility index (Phi) is 3.15. The van der Waals surface area contributed by atoms with Crippen LogP contribution in [0.2, 0.25) is 0 Å². The Bertz CT molecular complexity index is 281. The number of rotatable bonds is 2. The number of benzene rings is 1. The average molecular weight is 229 g/mol. The highest BCUT2D eigenvalue weighted by molar-refractivity contribution is 9.10. The number of hydrogen-bond donors (Lipinski definition) is 1. The first kappa shape index (κ1) is 9.59. The van der Waals surface area contributed by atoms with E-state index in [1.54, 1.807) is 0 Å². The molecule has 0 saturated carbocycles. The summed E-state index contributed by atoms with van der Waals surface area (Å²) in [6.45, 7) is 4.02. The molecule has 0 aromatic heterocycles. The third-order valence-corrected chi connectivity index (χ3v) is 2.32. The fraction of sp³-hybridized carbons (Fsp3) is 0.400. The maximum Gasteiger partial charge on any atom is 0.121 e. The number of hydrogen-bond acceptors (Lipinski definition) is 1. The van der Waals surface area contributed by atoms with E-state index in [4.69, 9.17) is 0 Å². The van der Waals surface area contributed by atoms with Crippen molar-refractivity contribution in [2.75, 3.05) is 0 Å². The molecule has 1 aromatic carbocycles. The minimum atomic E-state index is 0.444. The van der Waals surface area contributed by atoms with Gasteiger partial charge in [0.25, 0.3) is 0 Å². The van der Waals surface area contributed by atoms with E-state index >= 15 is 0 Å². The number of aryl methyl sites for hydroxylation is 2. The summed E-state index contributed by atoms with van der Waals surface area (Å²) in [4.78, 5) is 0. The monoisotopic (exact) mass is 228 g/mol. The number of phenols is 1. The van der Waals surface area contributed by atoms with Crippen LogP contribution in [0.15, 0.2) is 16.6 Å². The Morgan fingerprint density at radius 3 is 2.67 bits per heavy atom. The third-order valence-electron chi connectivity index (χ3n) is 1.86. The highest BCUT2D eigenvalue weighted by Crippen LogP contribution is 2.27. The predicted molar refractivity (Wildman–Crippen MR) is 54.5 cm³/mol. The van der Waals surface area contributed by atoms with Crippen molar-refractivity contribution in [3.8, 4) is 5.75 Å². The maximum absolute atomic E-state index is 9.63. The highest BCUT2D eigenvalue weighted by Gasteiger charge is 2.04. The molecule has 1 aromatic rings. The highest BCUT2D eigenvalue weighted by atomic mass is 79.9. The third kappa shape index (κ3) is 2.01. The molecule has 2 heteroatoms. The van der Waals surface area contributed by atoms with Crippen molar-refractivity contribution in [3.63, 3.8) is 0 Å². The van der Waals surface area contributed by atoms with Gasteiger partial charge in [-0.15, -0.1) is 0 Å². The van der Waals surface area contributed by atoms with Gasteiger partial charge in [-0.1, -0.05) is 29.3 Å². The van der Waals surface area contributed by atoms with Crippen molar-refractivity contribution in [2.45, 2.75) is 26.7 Å². The van der Waals surface area contributed by atoms with Gasteiger partial charge in [-0.25, -0.2) is 0 Å². The first-order valence-corrected chi connectivity index (χ1v) is 4.92. The molecule has 0 unspecified atom stereocenters. The molecule has 1 nitrogen and oxygen atoms in total. The summed E-state index contributed by atoms with van der Waals surface area (Å²) in [6, 6.07) is 3.90. The minimum absolute atomic E-state index is 0.444. The molecule has 66 valence electrons. The van der Waals surface area contributed by atoms with Crippen LogP contribution in [0.25, 0.3) is 0 Å². The van der Waals surface area contributed by atoms with Gasteiger partial charge in [0, 0.05) is 4.47 Å². The SMILES string of the molecule is CCCc1cc(Br)cc(C)c1O. The summed E-state index contributed by atoms with van der Waals surface area (Å²) in [7, 11) is 0. The summed E-state index contributed by atoms with van der Waals surface area (Å²) in [5.74, 6) is 0.444. The van der Waals surface area contributed by atoms with Crippen LogP contribution in [0.1, 0.15) is 24.5 Å². The second kappa shape index (κ2) is 3.94. The van der Waals surface area contributed by atoms with Gasteiger partial charge in [0.15, 0.2) is 0 Å². The summed E-state index contributed by atoms with van der Waals surface area (Å²) in [6.07, 6.45) is 2.00. The first-order valence-electron chi connectivity index (χ1n) is 4.13. The Labute approximate surface area is 81.6 Å². The number of aromatic hydroxyl groups is 1. The Morgan fingerprint density at radius 1 is 1.42 bits per heavy atom. The molecule has 0 amide bonds. The molecule has 0 fully saturated rings. The van der Waals surface area contributed by atoms with Crippen molar-refractivity contribution in [1.29, 1.82) is 0 Å². The zero-order chi connectivity index (χ0) is 9.14. The van der Waals surface area contributed by atoms with Crippen molar-refractivity contribution in [2.24, 2.45) is 0 Å². The molecular formula is C10H13BrO. The smallest absolute Gasteiger partial charge is 0.121 e. The molecule has 12 heavy (non-hydrogen) atoms. The van der Waals surface area contributed by atoms with Gasteiger partial charge in [0.1, 0.15) is 5.75 Å². The lowest BCUT2D eigenvalue weighted by Crippen LogP contribution is -1.87. The van der Waals surface area contributed by atoms with E-state index in [-0.39, 0.29) is 0 Å². The summed E-state index contributed by atoms with van der Waals surface area (Å²) in [5, 5.41) is 9.63. The second-order valence-corrected chi connectivity index (χ2v) is 3.90. The minimum Gasteiger partial charge on any atom is -0.507 e.